The molecule has 0 bridgehead atoms. The molecule has 0 saturated carbocycles. The standard InChI is InChI=1S/C13H19NO3/c1-3-16-13(15)12(14)8-9-17-11-6-4-10(2)5-7-11/h4-7,12H,3,8-9,14H2,1-2H3. The van der Waals surface area contributed by atoms with Crippen molar-refractivity contribution in [2.45, 2.75) is 26.3 Å². The predicted molar refractivity (Wildman–Crippen MR) is 65.9 cm³/mol. The summed E-state index contributed by atoms with van der Waals surface area (Å²) < 4.78 is 10.3. The first-order valence-electron chi connectivity index (χ1n) is 5.75. The fourth-order valence-electron chi connectivity index (χ4n) is 1.31. The maximum Gasteiger partial charge on any atom is 0.323 e. The predicted octanol–water partition coefficient (Wildman–Crippen LogP) is 1.65. The molecule has 0 aliphatic heterocycles. The maximum atomic E-state index is 11.2. The largest absolute Gasteiger partial charge is 0.494 e. The van der Waals surface area contributed by atoms with Crippen LogP contribution in [0.25, 0.3) is 0 Å². The normalized spacial score (nSPS) is 11.9. The van der Waals surface area contributed by atoms with Crippen molar-refractivity contribution in [3.8, 4) is 5.75 Å². The maximum absolute atomic E-state index is 11.2. The van der Waals surface area contributed by atoms with E-state index in [1.54, 1.807) is 6.92 Å². The van der Waals surface area contributed by atoms with Crippen LogP contribution in [0.4, 0.5) is 0 Å². The Bertz CT molecular complexity index is 348. The average molecular weight is 237 g/mol. The Morgan fingerprint density at radius 3 is 2.59 bits per heavy atom. The van der Waals surface area contributed by atoms with E-state index in [1.807, 2.05) is 31.2 Å². The van der Waals surface area contributed by atoms with Gasteiger partial charge in [-0.25, -0.2) is 0 Å². The highest BCUT2D eigenvalue weighted by atomic mass is 16.5. The lowest BCUT2D eigenvalue weighted by Gasteiger charge is -2.11. The van der Waals surface area contributed by atoms with Crippen molar-refractivity contribution in [3.63, 3.8) is 0 Å². The first-order chi connectivity index (χ1) is 8.13. The molecule has 0 aliphatic carbocycles. The molecule has 0 aliphatic rings. The fourth-order valence-corrected chi connectivity index (χ4v) is 1.31. The fraction of sp³-hybridized carbons (Fsp3) is 0.462. The van der Waals surface area contributed by atoms with Gasteiger partial charge in [0.25, 0.3) is 0 Å². The Hall–Kier alpha value is -1.55. The van der Waals surface area contributed by atoms with Crippen molar-refractivity contribution in [3.05, 3.63) is 29.8 Å². The van der Waals surface area contributed by atoms with E-state index in [2.05, 4.69) is 0 Å². The van der Waals surface area contributed by atoms with Crippen molar-refractivity contribution in [1.29, 1.82) is 0 Å². The van der Waals surface area contributed by atoms with Crippen LogP contribution in [0.15, 0.2) is 24.3 Å². The van der Waals surface area contributed by atoms with Crippen LogP contribution in [0.2, 0.25) is 0 Å². The number of carbonyl (C=O) groups excluding carboxylic acids is 1. The van der Waals surface area contributed by atoms with Crippen molar-refractivity contribution in [2.75, 3.05) is 13.2 Å². The zero-order valence-corrected chi connectivity index (χ0v) is 10.3. The first-order valence-corrected chi connectivity index (χ1v) is 5.75. The molecule has 94 valence electrons. The van der Waals surface area contributed by atoms with Gasteiger partial charge in [0.05, 0.1) is 13.2 Å². The third-order valence-electron chi connectivity index (χ3n) is 2.31. The summed E-state index contributed by atoms with van der Waals surface area (Å²) in [6, 6.07) is 7.12. The molecule has 0 heterocycles. The summed E-state index contributed by atoms with van der Waals surface area (Å²) >= 11 is 0. The molecule has 4 nitrogen and oxygen atoms in total. The second-order valence-electron chi connectivity index (χ2n) is 3.81. The summed E-state index contributed by atoms with van der Waals surface area (Å²) in [5, 5.41) is 0. The molecule has 0 amide bonds. The summed E-state index contributed by atoms with van der Waals surface area (Å²) in [5.41, 5.74) is 6.82. The number of carbonyl (C=O) groups is 1. The minimum Gasteiger partial charge on any atom is -0.494 e. The lowest BCUT2D eigenvalue weighted by molar-refractivity contribution is -0.145. The third kappa shape index (κ3) is 4.87. The highest BCUT2D eigenvalue weighted by molar-refractivity contribution is 5.75. The minimum atomic E-state index is -0.611. The summed E-state index contributed by atoms with van der Waals surface area (Å²) in [5.74, 6) is 0.409. The number of rotatable bonds is 6. The number of aryl methyl sites for hydroxylation is 1. The van der Waals surface area contributed by atoms with E-state index in [1.165, 1.54) is 5.56 Å². The Morgan fingerprint density at radius 2 is 2.00 bits per heavy atom. The topological polar surface area (TPSA) is 61.5 Å². The lowest BCUT2D eigenvalue weighted by Crippen LogP contribution is -2.33. The minimum absolute atomic E-state index is 0.353. The Morgan fingerprint density at radius 1 is 1.35 bits per heavy atom. The molecule has 0 aromatic heterocycles. The van der Waals surface area contributed by atoms with Gasteiger partial charge in [0.2, 0.25) is 0 Å². The number of esters is 1. The van der Waals surface area contributed by atoms with E-state index in [0.29, 0.717) is 19.6 Å². The van der Waals surface area contributed by atoms with Gasteiger partial charge in [-0.15, -0.1) is 0 Å². The second kappa shape index (κ2) is 6.91. The van der Waals surface area contributed by atoms with Crippen LogP contribution in [0.3, 0.4) is 0 Å². The summed E-state index contributed by atoms with van der Waals surface area (Å²) in [4.78, 5) is 11.2. The molecule has 17 heavy (non-hydrogen) atoms. The first kappa shape index (κ1) is 13.5. The van der Waals surface area contributed by atoms with Crippen molar-refractivity contribution < 1.29 is 14.3 Å². The number of hydrogen-bond donors (Lipinski definition) is 1. The molecular weight excluding hydrogens is 218 g/mol. The van der Waals surface area contributed by atoms with Crippen LogP contribution in [-0.4, -0.2) is 25.2 Å². The van der Waals surface area contributed by atoms with Crippen LogP contribution in [0.5, 0.6) is 5.75 Å². The van der Waals surface area contributed by atoms with Gasteiger partial charge < -0.3 is 15.2 Å². The van der Waals surface area contributed by atoms with E-state index < -0.39 is 6.04 Å². The molecule has 1 aromatic carbocycles. The molecule has 0 spiro atoms. The van der Waals surface area contributed by atoms with Gasteiger partial charge in [0.15, 0.2) is 0 Å². The van der Waals surface area contributed by atoms with E-state index >= 15 is 0 Å². The Kier molecular flexibility index (Phi) is 5.49. The number of nitrogens with two attached hydrogens (primary N) is 1. The average Bonchev–Trinajstić information content (AvgIpc) is 2.32. The van der Waals surface area contributed by atoms with Gasteiger partial charge in [-0.05, 0) is 26.0 Å². The molecule has 1 aromatic rings. The highest BCUT2D eigenvalue weighted by Crippen LogP contribution is 2.11. The van der Waals surface area contributed by atoms with Crippen LogP contribution >= 0.6 is 0 Å². The Labute approximate surface area is 102 Å². The zero-order chi connectivity index (χ0) is 12.7. The molecule has 1 rings (SSSR count). The van der Waals surface area contributed by atoms with Gasteiger partial charge >= 0.3 is 5.97 Å². The monoisotopic (exact) mass is 237 g/mol. The molecule has 1 unspecified atom stereocenters. The van der Waals surface area contributed by atoms with Gasteiger partial charge in [-0.1, -0.05) is 17.7 Å². The van der Waals surface area contributed by atoms with E-state index in [4.69, 9.17) is 15.2 Å². The van der Waals surface area contributed by atoms with Crippen molar-refractivity contribution in [2.24, 2.45) is 5.73 Å². The number of hydrogen-bond acceptors (Lipinski definition) is 4. The lowest BCUT2D eigenvalue weighted by atomic mass is 10.2. The molecule has 2 N–H and O–H groups in total. The highest BCUT2D eigenvalue weighted by Gasteiger charge is 2.13. The SMILES string of the molecule is CCOC(=O)C(N)CCOc1ccc(C)cc1. The van der Waals surface area contributed by atoms with Crippen LogP contribution < -0.4 is 10.5 Å². The third-order valence-corrected chi connectivity index (χ3v) is 2.31. The molecule has 0 radical (unpaired) electrons. The summed E-state index contributed by atoms with van der Waals surface area (Å²) in [6.45, 7) is 4.53. The quantitative estimate of drug-likeness (QED) is 0.764. The van der Waals surface area contributed by atoms with Crippen LogP contribution in [-0.2, 0) is 9.53 Å². The second-order valence-corrected chi connectivity index (χ2v) is 3.81. The Balaban J connectivity index is 2.27. The van der Waals surface area contributed by atoms with E-state index in [-0.39, 0.29) is 5.97 Å². The van der Waals surface area contributed by atoms with E-state index in [9.17, 15) is 4.79 Å². The van der Waals surface area contributed by atoms with E-state index in [0.717, 1.165) is 5.75 Å². The van der Waals surface area contributed by atoms with Gasteiger partial charge in [0, 0.05) is 6.42 Å². The molecule has 4 heteroatoms. The summed E-state index contributed by atoms with van der Waals surface area (Å²) in [6.07, 6.45) is 0.451. The smallest absolute Gasteiger partial charge is 0.323 e. The van der Waals surface area contributed by atoms with Gasteiger partial charge in [0.1, 0.15) is 11.8 Å². The van der Waals surface area contributed by atoms with Crippen LogP contribution in [0.1, 0.15) is 18.9 Å². The summed E-state index contributed by atoms with van der Waals surface area (Å²) in [7, 11) is 0. The van der Waals surface area contributed by atoms with Gasteiger partial charge in [-0.3, -0.25) is 4.79 Å². The zero-order valence-electron chi connectivity index (χ0n) is 10.3. The molecule has 1 atom stereocenters. The molecule has 0 fully saturated rings. The van der Waals surface area contributed by atoms with Crippen molar-refractivity contribution in [1.82, 2.24) is 0 Å². The van der Waals surface area contributed by atoms with Crippen LogP contribution in [0, 0.1) is 6.92 Å². The molecule has 0 saturated heterocycles. The number of benzene rings is 1. The number of ether oxygens (including phenoxy) is 2. The van der Waals surface area contributed by atoms with Gasteiger partial charge in [-0.2, -0.15) is 0 Å². The van der Waals surface area contributed by atoms with Crippen molar-refractivity contribution >= 4 is 5.97 Å². The molecular formula is C13H19NO3.